The van der Waals surface area contributed by atoms with Crippen LogP contribution in [0, 0.1) is 16.7 Å². The third-order valence-corrected chi connectivity index (χ3v) is 12.8. The van der Waals surface area contributed by atoms with Crippen LogP contribution < -0.4 is 0 Å². The van der Waals surface area contributed by atoms with E-state index in [1.807, 2.05) is 13.0 Å². The molecule has 0 amide bonds. The van der Waals surface area contributed by atoms with Gasteiger partial charge in [0.25, 0.3) is 0 Å². The fourth-order valence-electron chi connectivity index (χ4n) is 9.03. The molecule has 4 heterocycles. The average Bonchev–Trinajstić information content (AvgIpc) is 3.19. The first-order valence-electron chi connectivity index (χ1n) is 22.4. The molecule has 6 bridgehead atoms. The number of rotatable bonds is 11. The third kappa shape index (κ3) is 13.8. The zero-order valence-corrected chi connectivity index (χ0v) is 38.8. The maximum atomic E-state index is 13.5. The van der Waals surface area contributed by atoms with Crippen molar-refractivity contribution in [2.24, 2.45) is 16.7 Å². The first-order chi connectivity index (χ1) is 29.9. The summed E-state index contributed by atoms with van der Waals surface area (Å²) in [6, 6.07) is 0. The van der Waals surface area contributed by atoms with E-state index in [0.29, 0.717) is 5.57 Å². The van der Waals surface area contributed by atoms with Crippen LogP contribution in [0.15, 0.2) is 48.1 Å². The number of fused-ring (bicyclic) bond motifs is 6. The molecule has 1 unspecified atom stereocenters. The summed E-state index contributed by atoms with van der Waals surface area (Å²) in [4.78, 5) is 52.5. The van der Waals surface area contributed by atoms with Gasteiger partial charge in [-0.2, -0.15) is 0 Å². The molecule has 64 heavy (non-hydrogen) atoms. The lowest BCUT2D eigenvalue weighted by Gasteiger charge is -2.54. The Labute approximate surface area is 376 Å². The third-order valence-electron chi connectivity index (χ3n) is 12.8. The lowest BCUT2D eigenvalue weighted by molar-refractivity contribution is -0.361. The minimum Gasteiger partial charge on any atom is -0.469 e. The van der Waals surface area contributed by atoms with Crippen molar-refractivity contribution in [2.75, 3.05) is 14.2 Å². The molecule has 17 nitrogen and oxygen atoms in total. The van der Waals surface area contributed by atoms with Crippen LogP contribution in [-0.2, 0) is 57.1 Å². The Morgan fingerprint density at radius 1 is 0.906 bits per heavy atom. The molecule has 4 aliphatic rings. The minimum absolute atomic E-state index is 0.00172. The molecular formula is C47H72O17. The monoisotopic (exact) mass is 908 g/mol. The van der Waals surface area contributed by atoms with Gasteiger partial charge in [-0.3, -0.25) is 9.59 Å². The van der Waals surface area contributed by atoms with E-state index in [9.17, 15) is 44.7 Å². The summed E-state index contributed by atoms with van der Waals surface area (Å²) in [6.07, 6.45) is 1.07. The summed E-state index contributed by atoms with van der Waals surface area (Å²) < 4.78 is 47.2. The summed E-state index contributed by atoms with van der Waals surface area (Å²) in [6.45, 7) is 11.6. The number of ether oxygens (including phenoxy) is 8. The van der Waals surface area contributed by atoms with Crippen LogP contribution in [0.4, 0.5) is 0 Å². The van der Waals surface area contributed by atoms with Gasteiger partial charge in [0.2, 0.25) is 5.79 Å². The number of methoxy groups -OCH3 is 2. The predicted molar refractivity (Wildman–Crippen MR) is 229 cm³/mol. The molecule has 0 saturated carbocycles. The smallest absolute Gasteiger partial charge is 0.331 e. The number of esters is 4. The second-order valence-electron chi connectivity index (χ2n) is 18.8. The molecule has 13 atom stereocenters. The van der Waals surface area contributed by atoms with Crippen LogP contribution in [0.3, 0.4) is 0 Å². The highest BCUT2D eigenvalue weighted by molar-refractivity contribution is 5.83. The van der Waals surface area contributed by atoms with E-state index in [1.54, 1.807) is 45.9 Å². The van der Waals surface area contributed by atoms with Gasteiger partial charge >= 0.3 is 23.9 Å². The highest BCUT2D eigenvalue weighted by Gasteiger charge is 2.60. The van der Waals surface area contributed by atoms with Gasteiger partial charge in [-0.15, -0.1) is 0 Å². The Bertz CT molecular complexity index is 1720. The molecule has 4 aliphatic heterocycles. The van der Waals surface area contributed by atoms with Crippen molar-refractivity contribution in [1.29, 1.82) is 0 Å². The standard InChI is InChI=1S/C47H72O17/c1-10-11-12-13-14-15-39(51)62-43-31(22-41(53)58-9)21-34-25-37(28(2)48)61-42(54)24-32(50)23-35-26-38(59-29(3)49)45(6,7)46(55,63-35)27-36-19-30(20-40(52)57-8)18-33(60-36)16-17-44(4,5)47(43,56)64-34/h12-17,20,28-29,31-38,43,48-50,55-56H,10-11,18-19,21-27H2,1-9H3/b13-12+,15-14+,17-16+,30-20+/t28-,29+,31?,32-,33+,34+,35-,36+,37-,38+,43+,46+,47-/m1/s1. The molecule has 4 rings (SSSR count). The van der Waals surface area contributed by atoms with Gasteiger partial charge in [0, 0.05) is 54.6 Å². The van der Waals surface area contributed by atoms with Crippen LogP contribution in [0.25, 0.3) is 0 Å². The quantitative estimate of drug-likeness (QED) is 0.0488. The number of carbonyl (C=O) groups excluding carboxylic acids is 4. The molecule has 0 aromatic carbocycles. The Balaban J connectivity index is 1.87. The molecule has 0 aliphatic carbocycles. The Kier molecular flexibility index (Phi) is 18.9. The molecule has 3 fully saturated rings. The van der Waals surface area contributed by atoms with Gasteiger partial charge in [0.15, 0.2) is 18.2 Å². The number of allylic oxidation sites excluding steroid dienone is 3. The fourth-order valence-corrected chi connectivity index (χ4v) is 9.03. The Morgan fingerprint density at radius 2 is 1.61 bits per heavy atom. The van der Waals surface area contributed by atoms with Gasteiger partial charge in [0.1, 0.15) is 6.10 Å². The first kappa shape index (κ1) is 53.1. The second kappa shape index (κ2) is 22.8. The van der Waals surface area contributed by atoms with Crippen LogP contribution >= 0.6 is 0 Å². The molecule has 0 aromatic rings. The summed E-state index contributed by atoms with van der Waals surface area (Å²) in [7, 11) is 2.46. The highest BCUT2D eigenvalue weighted by atomic mass is 16.7. The van der Waals surface area contributed by atoms with Crippen molar-refractivity contribution in [1.82, 2.24) is 0 Å². The molecule has 3 saturated heterocycles. The van der Waals surface area contributed by atoms with Gasteiger partial charge in [-0.25, -0.2) is 9.59 Å². The van der Waals surface area contributed by atoms with Crippen LogP contribution in [-0.4, -0.2) is 136 Å². The number of aliphatic hydroxyl groups excluding tert-OH is 3. The summed E-state index contributed by atoms with van der Waals surface area (Å²) in [5.41, 5.74) is -2.02. The van der Waals surface area contributed by atoms with Crippen molar-refractivity contribution in [3.8, 4) is 0 Å². The maximum Gasteiger partial charge on any atom is 0.331 e. The van der Waals surface area contributed by atoms with E-state index >= 15 is 0 Å². The number of unbranched alkanes of at least 4 members (excludes halogenated alkanes) is 1. The zero-order chi connectivity index (χ0) is 47.6. The first-order valence-corrected chi connectivity index (χ1v) is 22.4. The molecule has 17 heteroatoms. The van der Waals surface area contributed by atoms with E-state index in [0.717, 1.165) is 12.8 Å². The van der Waals surface area contributed by atoms with E-state index in [-0.39, 0.29) is 51.4 Å². The summed E-state index contributed by atoms with van der Waals surface area (Å²) in [5.74, 6) is -8.24. The van der Waals surface area contributed by atoms with Crippen molar-refractivity contribution >= 4 is 23.9 Å². The van der Waals surface area contributed by atoms with Gasteiger partial charge in [-0.05, 0) is 39.5 Å². The van der Waals surface area contributed by atoms with E-state index < -0.39 is 120 Å². The molecule has 0 spiro atoms. The molecular weight excluding hydrogens is 836 g/mol. The van der Waals surface area contributed by atoms with Crippen molar-refractivity contribution in [3.63, 3.8) is 0 Å². The average molecular weight is 909 g/mol. The number of hydrogen-bond donors (Lipinski definition) is 5. The number of aliphatic hydroxyl groups is 5. The maximum absolute atomic E-state index is 13.5. The SMILES string of the molecule is CCC/C=C/C=C/C(=O)O[C@H]1C(CC(=O)OC)C[C@H]2C[C@H]([C@@H](C)O)OC(=O)C[C@H](O)C[C@@H]3C[C@H](O[C@@H](C)O)C(C)(C)[C@](O)(C[C@@H]4C/C(=C/C(=O)OC)C[C@H](/C=C/C(C)(C)[C@]1(O)O2)O4)O3. The van der Waals surface area contributed by atoms with E-state index in [1.165, 1.54) is 46.3 Å². The summed E-state index contributed by atoms with van der Waals surface area (Å²) >= 11 is 0. The largest absolute Gasteiger partial charge is 0.469 e. The molecule has 0 radical (unpaired) electrons. The van der Waals surface area contributed by atoms with Gasteiger partial charge in [0.05, 0.1) is 69.8 Å². The number of carbonyl (C=O) groups is 4. The molecule has 362 valence electrons. The van der Waals surface area contributed by atoms with Crippen molar-refractivity contribution in [3.05, 3.63) is 48.1 Å². The fraction of sp³-hybridized carbons (Fsp3) is 0.745. The van der Waals surface area contributed by atoms with E-state index in [2.05, 4.69) is 0 Å². The lowest BCUT2D eigenvalue weighted by Crippen LogP contribution is -2.64. The minimum atomic E-state index is -2.39. The predicted octanol–water partition coefficient (Wildman–Crippen LogP) is 4.15. The topological polar surface area (TPSA) is 243 Å². The summed E-state index contributed by atoms with van der Waals surface area (Å²) in [5, 5.41) is 58.0. The Hall–Kier alpha value is -3.52. The van der Waals surface area contributed by atoms with Crippen LogP contribution in [0.2, 0.25) is 0 Å². The van der Waals surface area contributed by atoms with Crippen LogP contribution in [0.1, 0.15) is 119 Å². The van der Waals surface area contributed by atoms with Crippen molar-refractivity contribution < 1.29 is 82.6 Å². The highest BCUT2D eigenvalue weighted by Crippen LogP contribution is 2.50. The number of cyclic esters (lactones) is 1. The zero-order valence-electron chi connectivity index (χ0n) is 38.8. The van der Waals surface area contributed by atoms with Crippen LogP contribution in [0.5, 0.6) is 0 Å². The molecule has 0 aromatic heterocycles. The lowest BCUT2D eigenvalue weighted by atomic mass is 9.70. The van der Waals surface area contributed by atoms with Gasteiger partial charge < -0.3 is 63.4 Å². The number of hydrogen-bond acceptors (Lipinski definition) is 17. The Morgan fingerprint density at radius 3 is 2.25 bits per heavy atom. The van der Waals surface area contributed by atoms with E-state index in [4.69, 9.17) is 37.9 Å². The second-order valence-corrected chi connectivity index (χ2v) is 18.8. The molecule has 5 N–H and O–H groups in total. The van der Waals surface area contributed by atoms with Crippen molar-refractivity contribution in [2.45, 2.75) is 192 Å². The normalized spacial score (nSPS) is 36.9. The van der Waals surface area contributed by atoms with Gasteiger partial charge in [-0.1, -0.05) is 77.0 Å².